The van der Waals surface area contributed by atoms with E-state index < -0.39 is 0 Å². The quantitative estimate of drug-likeness (QED) is 0.771. The molecule has 1 N–H and O–H groups in total. The number of para-hydroxylation sites is 1. The highest BCUT2D eigenvalue weighted by molar-refractivity contribution is 7.99. The Kier molecular flexibility index (Phi) is 6.66. The lowest BCUT2D eigenvalue weighted by atomic mass is 10.2. The van der Waals surface area contributed by atoms with Crippen LogP contribution in [-0.4, -0.2) is 30.2 Å². The number of nitriles is 1. The van der Waals surface area contributed by atoms with Gasteiger partial charge in [-0.05, 0) is 37.6 Å². The molecular formula is C17H19N3OS2. The first-order valence-electron chi connectivity index (χ1n) is 7.24. The van der Waals surface area contributed by atoms with Crippen molar-refractivity contribution < 1.29 is 4.79 Å². The number of anilines is 1. The van der Waals surface area contributed by atoms with Crippen LogP contribution in [-0.2, 0) is 4.79 Å². The number of carbonyl (C=O) groups excluding carboxylic acids is 1. The molecule has 1 aromatic heterocycles. The van der Waals surface area contributed by atoms with Gasteiger partial charge in [0.05, 0.1) is 24.1 Å². The van der Waals surface area contributed by atoms with Crippen LogP contribution < -0.4 is 5.32 Å². The number of rotatable bonds is 7. The molecule has 0 bridgehead atoms. The second kappa shape index (κ2) is 8.73. The van der Waals surface area contributed by atoms with Crippen molar-refractivity contribution in [1.29, 1.82) is 5.26 Å². The molecule has 6 heteroatoms. The van der Waals surface area contributed by atoms with Gasteiger partial charge in [-0.15, -0.1) is 23.1 Å². The van der Waals surface area contributed by atoms with E-state index in [2.05, 4.69) is 24.4 Å². The molecule has 1 heterocycles. The lowest BCUT2D eigenvalue weighted by Crippen LogP contribution is -2.32. The summed E-state index contributed by atoms with van der Waals surface area (Å²) < 4.78 is 0. The van der Waals surface area contributed by atoms with Crippen LogP contribution in [0.4, 0.5) is 5.69 Å². The fourth-order valence-corrected chi connectivity index (χ4v) is 3.62. The third kappa shape index (κ3) is 5.10. The number of benzene rings is 1. The van der Waals surface area contributed by atoms with E-state index in [1.54, 1.807) is 11.3 Å². The van der Waals surface area contributed by atoms with Gasteiger partial charge in [0.25, 0.3) is 0 Å². The van der Waals surface area contributed by atoms with Crippen LogP contribution in [0.2, 0.25) is 0 Å². The van der Waals surface area contributed by atoms with E-state index in [-0.39, 0.29) is 11.9 Å². The van der Waals surface area contributed by atoms with Gasteiger partial charge in [-0.1, -0.05) is 18.2 Å². The molecule has 0 saturated carbocycles. The third-order valence-corrected chi connectivity index (χ3v) is 5.45. The van der Waals surface area contributed by atoms with Gasteiger partial charge in [-0.2, -0.15) is 5.26 Å². The van der Waals surface area contributed by atoms with Gasteiger partial charge in [0.15, 0.2) is 0 Å². The minimum Gasteiger partial charge on any atom is -0.324 e. The molecule has 1 atom stereocenters. The number of hydrogen-bond donors (Lipinski definition) is 1. The van der Waals surface area contributed by atoms with Crippen molar-refractivity contribution in [2.24, 2.45) is 0 Å². The molecule has 0 aliphatic heterocycles. The highest BCUT2D eigenvalue weighted by Gasteiger charge is 2.16. The molecule has 23 heavy (non-hydrogen) atoms. The fourth-order valence-electron chi connectivity index (χ4n) is 2.11. The summed E-state index contributed by atoms with van der Waals surface area (Å²) in [6, 6.07) is 14.0. The zero-order valence-electron chi connectivity index (χ0n) is 13.2. The molecule has 0 saturated heterocycles. The number of carbonyl (C=O) groups is 1. The van der Waals surface area contributed by atoms with E-state index in [0.717, 1.165) is 10.6 Å². The molecule has 0 spiro atoms. The van der Waals surface area contributed by atoms with E-state index in [1.807, 2.05) is 47.7 Å². The summed E-state index contributed by atoms with van der Waals surface area (Å²) in [6.45, 7) is 2.41. The van der Waals surface area contributed by atoms with Crippen LogP contribution in [0.5, 0.6) is 0 Å². The SMILES string of the molecule is CC(c1cccs1)N(C)CC(=O)Nc1ccccc1SCC#N. The highest BCUT2D eigenvalue weighted by Crippen LogP contribution is 2.27. The molecule has 0 fully saturated rings. The van der Waals surface area contributed by atoms with Crippen molar-refractivity contribution in [3.05, 3.63) is 46.7 Å². The Labute approximate surface area is 145 Å². The molecule has 0 radical (unpaired) electrons. The Bertz CT molecular complexity index is 679. The fraction of sp³-hybridized carbons (Fsp3) is 0.294. The van der Waals surface area contributed by atoms with Gasteiger partial charge >= 0.3 is 0 Å². The Morgan fingerprint density at radius 3 is 2.87 bits per heavy atom. The minimum atomic E-state index is -0.0547. The molecule has 0 aliphatic carbocycles. The van der Waals surface area contributed by atoms with Gasteiger partial charge in [-0.3, -0.25) is 9.69 Å². The summed E-state index contributed by atoms with van der Waals surface area (Å²) >= 11 is 3.12. The highest BCUT2D eigenvalue weighted by atomic mass is 32.2. The Morgan fingerprint density at radius 2 is 2.17 bits per heavy atom. The van der Waals surface area contributed by atoms with E-state index in [0.29, 0.717) is 12.3 Å². The predicted octanol–water partition coefficient (Wildman–Crippen LogP) is 4.00. The summed E-state index contributed by atoms with van der Waals surface area (Å²) in [4.78, 5) is 16.5. The zero-order chi connectivity index (χ0) is 16.7. The normalized spacial score (nSPS) is 11.9. The first-order chi connectivity index (χ1) is 11.1. The first-order valence-corrected chi connectivity index (χ1v) is 9.10. The standard InChI is InChI=1S/C17H19N3OS2/c1-13(15-8-5-10-22-15)20(2)12-17(21)19-14-6-3-4-7-16(14)23-11-9-18/h3-8,10,13H,11-12H2,1-2H3,(H,19,21). The van der Waals surface area contributed by atoms with E-state index in [4.69, 9.17) is 5.26 Å². The lowest BCUT2D eigenvalue weighted by Gasteiger charge is -2.23. The number of nitrogens with zero attached hydrogens (tertiary/aromatic N) is 2. The molecule has 1 amide bonds. The summed E-state index contributed by atoms with van der Waals surface area (Å²) in [5.41, 5.74) is 0.759. The Hall–Kier alpha value is -1.81. The second-order valence-corrected chi connectivity index (χ2v) is 7.09. The van der Waals surface area contributed by atoms with E-state index in [1.165, 1.54) is 16.6 Å². The smallest absolute Gasteiger partial charge is 0.238 e. The first kappa shape index (κ1) is 17.5. The van der Waals surface area contributed by atoms with Crippen molar-refractivity contribution in [3.8, 4) is 6.07 Å². The molecule has 2 rings (SSSR count). The van der Waals surface area contributed by atoms with Crippen molar-refractivity contribution >= 4 is 34.7 Å². The van der Waals surface area contributed by atoms with Gasteiger partial charge in [0.2, 0.25) is 5.91 Å². The van der Waals surface area contributed by atoms with Crippen LogP contribution >= 0.6 is 23.1 Å². The monoisotopic (exact) mass is 345 g/mol. The van der Waals surface area contributed by atoms with Gasteiger partial charge in [0.1, 0.15) is 0 Å². The van der Waals surface area contributed by atoms with Crippen LogP contribution in [0.25, 0.3) is 0 Å². The Balaban J connectivity index is 1.96. The van der Waals surface area contributed by atoms with Crippen LogP contribution in [0.3, 0.4) is 0 Å². The summed E-state index contributed by atoms with van der Waals surface area (Å²) in [5.74, 6) is 0.309. The number of likely N-dealkylation sites (N-methyl/N-ethyl adjacent to an activating group) is 1. The molecule has 120 valence electrons. The third-order valence-electron chi connectivity index (χ3n) is 3.46. The Morgan fingerprint density at radius 1 is 1.39 bits per heavy atom. The number of amides is 1. The molecular weight excluding hydrogens is 326 g/mol. The maximum absolute atomic E-state index is 12.3. The molecule has 4 nitrogen and oxygen atoms in total. The van der Waals surface area contributed by atoms with Crippen molar-refractivity contribution in [2.45, 2.75) is 17.9 Å². The molecule has 1 unspecified atom stereocenters. The van der Waals surface area contributed by atoms with E-state index >= 15 is 0 Å². The van der Waals surface area contributed by atoms with Gasteiger partial charge in [0, 0.05) is 15.8 Å². The minimum absolute atomic E-state index is 0.0547. The summed E-state index contributed by atoms with van der Waals surface area (Å²) in [7, 11) is 1.94. The number of hydrogen-bond acceptors (Lipinski definition) is 5. The average Bonchev–Trinajstić information content (AvgIpc) is 3.07. The number of thioether (sulfide) groups is 1. The number of nitrogens with one attached hydrogen (secondary N) is 1. The maximum Gasteiger partial charge on any atom is 0.238 e. The topological polar surface area (TPSA) is 56.1 Å². The second-order valence-electron chi connectivity index (χ2n) is 5.10. The van der Waals surface area contributed by atoms with Crippen LogP contribution in [0.15, 0.2) is 46.7 Å². The number of thiophene rings is 1. The molecule has 0 aliphatic rings. The summed E-state index contributed by atoms with van der Waals surface area (Å²) in [5, 5.41) is 13.7. The maximum atomic E-state index is 12.3. The average molecular weight is 345 g/mol. The van der Waals surface area contributed by atoms with Crippen LogP contribution in [0, 0.1) is 11.3 Å². The summed E-state index contributed by atoms with van der Waals surface area (Å²) in [6.07, 6.45) is 0. The van der Waals surface area contributed by atoms with Crippen LogP contribution in [0.1, 0.15) is 17.8 Å². The van der Waals surface area contributed by atoms with Crippen molar-refractivity contribution in [1.82, 2.24) is 4.90 Å². The van der Waals surface area contributed by atoms with Crippen molar-refractivity contribution in [3.63, 3.8) is 0 Å². The largest absolute Gasteiger partial charge is 0.324 e. The molecule has 1 aromatic carbocycles. The zero-order valence-corrected chi connectivity index (χ0v) is 14.8. The van der Waals surface area contributed by atoms with Gasteiger partial charge < -0.3 is 5.32 Å². The lowest BCUT2D eigenvalue weighted by molar-refractivity contribution is -0.117. The molecule has 2 aromatic rings. The predicted molar refractivity (Wildman–Crippen MR) is 96.8 cm³/mol. The van der Waals surface area contributed by atoms with Gasteiger partial charge in [-0.25, -0.2) is 0 Å². The van der Waals surface area contributed by atoms with Crippen molar-refractivity contribution in [2.75, 3.05) is 24.7 Å². The van der Waals surface area contributed by atoms with E-state index in [9.17, 15) is 4.79 Å².